The summed E-state index contributed by atoms with van der Waals surface area (Å²) in [4.78, 5) is 13.5. The summed E-state index contributed by atoms with van der Waals surface area (Å²) in [5, 5.41) is 3.47. The monoisotopic (exact) mass is 320 g/mol. The summed E-state index contributed by atoms with van der Waals surface area (Å²) in [6, 6.07) is 9.07. The molecule has 1 atom stereocenters. The summed E-state index contributed by atoms with van der Waals surface area (Å²) >= 11 is 0. The van der Waals surface area contributed by atoms with Crippen LogP contribution in [-0.2, 0) is 11.2 Å². The first-order valence-corrected chi connectivity index (χ1v) is 8.40. The van der Waals surface area contributed by atoms with Crippen molar-refractivity contribution in [3.8, 4) is 0 Å². The van der Waals surface area contributed by atoms with Crippen LogP contribution < -0.4 is 5.32 Å². The molecule has 130 valence electrons. The van der Waals surface area contributed by atoms with Gasteiger partial charge >= 0.3 is 6.09 Å². The van der Waals surface area contributed by atoms with Crippen LogP contribution in [0.3, 0.4) is 0 Å². The number of nitrogens with one attached hydrogen (secondary N) is 1. The third kappa shape index (κ3) is 8.60. The topological polar surface area (TPSA) is 41.6 Å². The third-order valence-corrected chi connectivity index (χ3v) is 3.59. The average molecular weight is 320 g/mol. The minimum Gasteiger partial charge on any atom is -0.444 e. The van der Waals surface area contributed by atoms with Gasteiger partial charge in [-0.05, 0) is 53.0 Å². The number of carbonyl (C=O) groups excluding carboxylic acids is 1. The Kier molecular flexibility index (Phi) is 7.56. The number of hydrogen-bond acceptors (Lipinski definition) is 3. The van der Waals surface area contributed by atoms with E-state index in [1.165, 1.54) is 11.1 Å². The Bertz CT molecular complexity index is 494. The van der Waals surface area contributed by atoms with Crippen molar-refractivity contribution < 1.29 is 9.53 Å². The lowest BCUT2D eigenvalue weighted by Gasteiger charge is -2.25. The Hall–Kier alpha value is -1.55. The van der Waals surface area contributed by atoms with Crippen LogP contribution in [0.2, 0.25) is 0 Å². The second-order valence-corrected chi connectivity index (χ2v) is 7.28. The number of benzene rings is 1. The molecule has 1 rings (SSSR count). The van der Waals surface area contributed by atoms with Crippen molar-refractivity contribution in [1.29, 1.82) is 0 Å². The molecule has 23 heavy (non-hydrogen) atoms. The first kappa shape index (κ1) is 19.5. The maximum absolute atomic E-state index is 11.9. The summed E-state index contributed by atoms with van der Waals surface area (Å²) < 4.78 is 5.33. The third-order valence-electron chi connectivity index (χ3n) is 3.59. The van der Waals surface area contributed by atoms with Gasteiger partial charge in [-0.3, -0.25) is 0 Å². The molecule has 0 spiro atoms. The van der Waals surface area contributed by atoms with Gasteiger partial charge in [-0.1, -0.05) is 29.8 Å². The highest BCUT2D eigenvalue weighted by Gasteiger charge is 2.19. The molecular formula is C19H32N2O2. The van der Waals surface area contributed by atoms with E-state index in [-0.39, 0.29) is 6.09 Å². The van der Waals surface area contributed by atoms with Crippen molar-refractivity contribution in [3.63, 3.8) is 0 Å². The second-order valence-electron chi connectivity index (χ2n) is 7.28. The van der Waals surface area contributed by atoms with E-state index in [0.717, 1.165) is 19.4 Å². The molecule has 0 fully saturated rings. The zero-order valence-electron chi connectivity index (χ0n) is 15.5. The minimum absolute atomic E-state index is 0.272. The molecule has 1 aromatic rings. The Morgan fingerprint density at radius 2 is 2.04 bits per heavy atom. The zero-order valence-corrected chi connectivity index (χ0v) is 15.5. The molecule has 4 nitrogen and oxygen atoms in total. The number of ether oxygens (including phenoxy) is 1. The Labute approximate surface area is 141 Å². The summed E-state index contributed by atoms with van der Waals surface area (Å²) in [6.45, 7) is 11.4. The molecule has 0 aliphatic carbocycles. The SMILES string of the molecule is Cc1cccc(CCC(C)NCCN(C)C(=O)OC(C)(C)C)c1. The summed E-state index contributed by atoms with van der Waals surface area (Å²) in [6.07, 6.45) is 1.88. The van der Waals surface area contributed by atoms with Gasteiger partial charge in [0.05, 0.1) is 0 Å². The quantitative estimate of drug-likeness (QED) is 0.831. The van der Waals surface area contributed by atoms with Crippen LogP contribution in [0.15, 0.2) is 24.3 Å². The summed E-state index contributed by atoms with van der Waals surface area (Å²) in [7, 11) is 1.77. The minimum atomic E-state index is -0.445. The highest BCUT2D eigenvalue weighted by atomic mass is 16.6. The number of likely N-dealkylation sites (N-methyl/N-ethyl adjacent to an activating group) is 1. The van der Waals surface area contributed by atoms with E-state index in [2.05, 4.69) is 43.4 Å². The molecule has 1 unspecified atom stereocenters. The predicted octanol–water partition coefficient (Wildman–Crippen LogP) is 3.77. The predicted molar refractivity (Wildman–Crippen MR) is 95.8 cm³/mol. The fraction of sp³-hybridized carbons (Fsp3) is 0.632. The first-order chi connectivity index (χ1) is 10.7. The van der Waals surface area contributed by atoms with Crippen LogP contribution in [0, 0.1) is 6.92 Å². The van der Waals surface area contributed by atoms with Gasteiger partial charge in [0.15, 0.2) is 0 Å². The van der Waals surface area contributed by atoms with Gasteiger partial charge in [0.1, 0.15) is 5.60 Å². The molecule has 0 aliphatic rings. The van der Waals surface area contributed by atoms with Crippen molar-refractivity contribution in [3.05, 3.63) is 35.4 Å². The molecule has 0 aromatic heterocycles. The smallest absolute Gasteiger partial charge is 0.410 e. The maximum Gasteiger partial charge on any atom is 0.410 e. The van der Waals surface area contributed by atoms with E-state index < -0.39 is 5.60 Å². The normalized spacial score (nSPS) is 12.8. The molecule has 1 amide bonds. The molecule has 0 heterocycles. The molecular weight excluding hydrogens is 288 g/mol. The number of carbonyl (C=O) groups is 1. The van der Waals surface area contributed by atoms with E-state index in [4.69, 9.17) is 4.74 Å². The summed E-state index contributed by atoms with van der Waals surface area (Å²) in [5.41, 5.74) is 2.24. The molecule has 1 aromatic carbocycles. The lowest BCUT2D eigenvalue weighted by molar-refractivity contribution is 0.0299. The second kappa shape index (κ2) is 8.92. The number of rotatable bonds is 7. The van der Waals surface area contributed by atoms with Crippen LogP contribution in [0.1, 0.15) is 45.2 Å². The number of nitrogens with zero attached hydrogens (tertiary/aromatic N) is 1. The van der Waals surface area contributed by atoms with Crippen molar-refractivity contribution >= 4 is 6.09 Å². The van der Waals surface area contributed by atoms with Crippen LogP contribution >= 0.6 is 0 Å². The fourth-order valence-corrected chi connectivity index (χ4v) is 2.26. The van der Waals surface area contributed by atoms with Crippen LogP contribution in [0.25, 0.3) is 0 Å². The largest absolute Gasteiger partial charge is 0.444 e. The number of amides is 1. The van der Waals surface area contributed by atoms with E-state index in [0.29, 0.717) is 12.6 Å². The van der Waals surface area contributed by atoms with Crippen molar-refractivity contribution in [1.82, 2.24) is 10.2 Å². The Balaban J connectivity index is 2.23. The summed E-state index contributed by atoms with van der Waals surface area (Å²) in [5.74, 6) is 0. The molecule has 0 aliphatic heterocycles. The first-order valence-electron chi connectivity index (χ1n) is 8.40. The van der Waals surface area contributed by atoms with Gasteiger partial charge in [-0.15, -0.1) is 0 Å². The van der Waals surface area contributed by atoms with Gasteiger partial charge in [0.25, 0.3) is 0 Å². The van der Waals surface area contributed by atoms with Gasteiger partial charge < -0.3 is 15.0 Å². The molecule has 0 saturated carbocycles. The molecule has 1 N–H and O–H groups in total. The van der Waals surface area contributed by atoms with Gasteiger partial charge in [0.2, 0.25) is 0 Å². The molecule has 4 heteroatoms. The fourth-order valence-electron chi connectivity index (χ4n) is 2.26. The van der Waals surface area contributed by atoms with E-state index in [1.54, 1.807) is 11.9 Å². The van der Waals surface area contributed by atoms with E-state index in [9.17, 15) is 4.79 Å². The standard InChI is InChI=1S/C19H32N2O2/c1-15-8-7-9-17(14-15)11-10-16(2)20-12-13-21(6)18(22)23-19(3,4)5/h7-9,14,16,20H,10-13H2,1-6H3. The molecule has 0 saturated heterocycles. The molecule has 0 radical (unpaired) electrons. The lowest BCUT2D eigenvalue weighted by atomic mass is 10.0. The van der Waals surface area contributed by atoms with Gasteiger partial charge in [0, 0.05) is 26.2 Å². The van der Waals surface area contributed by atoms with E-state index >= 15 is 0 Å². The average Bonchev–Trinajstić information content (AvgIpc) is 2.43. The van der Waals surface area contributed by atoms with Crippen molar-refractivity contribution in [2.75, 3.05) is 20.1 Å². The lowest BCUT2D eigenvalue weighted by Crippen LogP contribution is -2.39. The Morgan fingerprint density at radius 3 is 2.65 bits per heavy atom. The van der Waals surface area contributed by atoms with E-state index in [1.807, 2.05) is 20.8 Å². The van der Waals surface area contributed by atoms with Crippen LogP contribution in [0.4, 0.5) is 4.79 Å². The van der Waals surface area contributed by atoms with Gasteiger partial charge in [-0.25, -0.2) is 4.79 Å². The maximum atomic E-state index is 11.9. The van der Waals surface area contributed by atoms with Crippen LogP contribution in [0.5, 0.6) is 0 Å². The van der Waals surface area contributed by atoms with Gasteiger partial charge in [-0.2, -0.15) is 0 Å². The highest BCUT2D eigenvalue weighted by Crippen LogP contribution is 2.09. The van der Waals surface area contributed by atoms with Crippen LogP contribution in [-0.4, -0.2) is 42.8 Å². The van der Waals surface area contributed by atoms with Crippen molar-refractivity contribution in [2.45, 2.75) is 59.1 Å². The Morgan fingerprint density at radius 1 is 1.35 bits per heavy atom. The highest BCUT2D eigenvalue weighted by molar-refractivity contribution is 5.67. The number of hydrogen-bond donors (Lipinski definition) is 1. The zero-order chi connectivity index (χ0) is 17.5. The number of aryl methyl sites for hydroxylation is 2. The van der Waals surface area contributed by atoms with Crippen molar-refractivity contribution in [2.24, 2.45) is 0 Å². The molecule has 0 bridgehead atoms.